The summed E-state index contributed by atoms with van der Waals surface area (Å²) in [6.07, 6.45) is 2.08. The topological polar surface area (TPSA) is 81.7 Å². The van der Waals surface area contributed by atoms with Gasteiger partial charge >= 0.3 is 0 Å². The van der Waals surface area contributed by atoms with Gasteiger partial charge in [0.2, 0.25) is 0 Å². The number of rotatable bonds is 2. The van der Waals surface area contributed by atoms with Crippen LogP contribution in [-0.2, 0) is 15.6 Å². The number of phenolic OH excluding ortho intramolecular Hbond substituents is 1. The van der Waals surface area contributed by atoms with Gasteiger partial charge in [0.15, 0.2) is 0 Å². The second-order valence-electron chi connectivity index (χ2n) is 11.5. The molecule has 0 radical (unpaired) electrons. The Hall–Kier alpha value is -3.06. The first-order valence-electron chi connectivity index (χ1n) is 12.7. The van der Waals surface area contributed by atoms with Crippen molar-refractivity contribution in [1.29, 1.82) is 0 Å². The normalized spacial score (nSPS) is 20.7. The van der Waals surface area contributed by atoms with Crippen LogP contribution in [0.15, 0.2) is 24.3 Å². The first-order valence-corrected chi connectivity index (χ1v) is 12.7. The van der Waals surface area contributed by atoms with Crippen LogP contribution in [0, 0.1) is 0 Å². The number of phenols is 1. The molecule has 1 saturated heterocycles. The van der Waals surface area contributed by atoms with E-state index in [1.807, 2.05) is 23.1 Å². The molecule has 35 heavy (non-hydrogen) atoms. The molecule has 0 spiro atoms. The molecule has 4 heterocycles. The maximum atomic E-state index is 13.0. The van der Waals surface area contributed by atoms with E-state index in [0.717, 1.165) is 48.1 Å². The van der Waals surface area contributed by atoms with E-state index in [2.05, 4.69) is 43.6 Å². The number of hydrogen-bond acceptors (Lipinski definition) is 5. The van der Waals surface area contributed by atoms with Crippen molar-refractivity contribution >= 4 is 22.6 Å². The Balaban J connectivity index is 1.47. The Morgan fingerprint density at radius 2 is 1.74 bits per heavy atom. The Morgan fingerprint density at radius 1 is 1.03 bits per heavy atom. The minimum absolute atomic E-state index is 0.0102. The minimum atomic E-state index is -0.127. The van der Waals surface area contributed by atoms with Crippen LogP contribution in [-0.4, -0.2) is 65.3 Å². The van der Waals surface area contributed by atoms with Crippen molar-refractivity contribution in [2.24, 2.45) is 0 Å². The van der Waals surface area contributed by atoms with E-state index < -0.39 is 0 Å². The van der Waals surface area contributed by atoms with E-state index in [0.29, 0.717) is 43.4 Å². The third-order valence-electron chi connectivity index (χ3n) is 8.29. The first kappa shape index (κ1) is 22.4. The quantitative estimate of drug-likeness (QED) is 0.568. The highest BCUT2D eigenvalue weighted by molar-refractivity contribution is 5.98. The molecule has 7 nitrogen and oxygen atoms in total. The molecule has 2 aromatic carbocycles. The van der Waals surface area contributed by atoms with Gasteiger partial charge in [0.25, 0.3) is 5.91 Å². The van der Waals surface area contributed by atoms with Gasteiger partial charge in [0, 0.05) is 43.0 Å². The summed E-state index contributed by atoms with van der Waals surface area (Å²) in [6.45, 7) is 13.5. The summed E-state index contributed by atoms with van der Waals surface area (Å²) in [5, 5.41) is 11.6. The van der Waals surface area contributed by atoms with E-state index in [1.165, 1.54) is 11.3 Å². The summed E-state index contributed by atoms with van der Waals surface area (Å²) in [7, 11) is 0. The van der Waals surface area contributed by atoms with Crippen LogP contribution in [0.3, 0.4) is 0 Å². The number of fused-ring (bicyclic) bond motifs is 1. The second-order valence-corrected chi connectivity index (χ2v) is 11.5. The average molecular weight is 475 g/mol. The van der Waals surface area contributed by atoms with Crippen molar-refractivity contribution in [1.82, 2.24) is 14.9 Å². The largest absolute Gasteiger partial charge is 0.507 e. The second kappa shape index (κ2) is 7.72. The number of morpholine rings is 1. The number of imidazole rings is 1. The van der Waals surface area contributed by atoms with Gasteiger partial charge in [-0.2, -0.15) is 0 Å². The molecule has 3 aliphatic rings. The van der Waals surface area contributed by atoms with Gasteiger partial charge in [-0.05, 0) is 53.5 Å². The molecule has 6 rings (SSSR count). The number of carbonyl (C=O) groups is 1. The number of anilines is 1. The zero-order valence-corrected chi connectivity index (χ0v) is 21.1. The monoisotopic (exact) mass is 474 g/mol. The Morgan fingerprint density at radius 3 is 2.49 bits per heavy atom. The number of benzene rings is 2. The number of amides is 1. The number of aromatic nitrogens is 2. The highest BCUT2D eigenvalue weighted by Crippen LogP contribution is 2.54. The van der Waals surface area contributed by atoms with E-state index in [1.54, 1.807) is 0 Å². The number of aromatic amines is 1. The lowest BCUT2D eigenvalue weighted by molar-refractivity contribution is 0.0303. The summed E-state index contributed by atoms with van der Waals surface area (Å²) in [6, 6.07) is 7.74. The van der Waals surface area contributed by atoms with E-state index in [-0.39, 0.29) is 16.7 Å². The lowest BCUT2D eigenvalue weighted by Crippen LogP contribution is -2.44. The minimum Gasteiger partial charge on any atom is -0.507 e. The number of nitrogens with zero attached hydrogens (tertiary/aromatic N) is 3. The summed E-state index contributed by atoms with van der Waals surface area (Å²) < 4.78 is 5.38. The number of hydrogen-bond donors (Lipinski definition) is 2. The van der Waals surface area contributed by atoms with Crippen LogP contribution in [0.1, 0.15) is 62.0 Å². The maximum Gasteiger partial charge on any atom is 0.254 e. The van der Waals surface area contributed by atoms with Crippen molar-refractivity contribution in [3.05, 3.63) is 41.0 Å². The molecule has 1 amide bonds. The van der Waals surface area contributed by atoms with Crippen LogP contribution < -0.4 is 4.90 Å². The molecule has 1 fully saturated rings. The van der Waals surface area contributed by atoms with Crippen molar-refractivity contribution < 1.29 is 14.6 Å². The highest BCUT2D eigenvalue weighted by Gasteiger charge is 2.42. The van der Waals surface area contributed by atoms with Gasteiger partial charge in [0.05, 0.1) is 29.8 Å². The fourth-order valence-corrected chi connectivity index (χ4v) is 5.97. The van der Waals surface area contributed by atoms with Gasteiger partial charge in [-0.1, -0.05) is 27.7 Å². The molecular weight excluding hydrogens is 440 g/mol. The number of nitrogens with one attached hydrogen (secondary N) is 1. The molecule has 0 aliphatic carbocycles. The lowest BCUT2D eigenvalue weighted by atomic mass is 9.68. The fraction of sp³-hybridized carbons (Fsp3) is 0.500. The van der Waals surface area contributed by atoms with E-state index in [4.69, 9.17) is 9.72 Å². The van der Waals surface area contributed by atoms with Crippen LogP contribution in [0.5, 0.6) is 5.75 Å². The number of ether oxygens (including phenoxy) is 1. The third kappa shape index (κ3) is 3.51. The average Bonchev–Trinajstić information content (AvgIpc) is 3.26. The molecule has 2 N–H and O–H groups in total. The van der Waals surface area contributed by atoms with Crippen LogP contribution in [0.2, 0.25) is 0 Å². The predicted octanol–water partition coefficient (Wildman–Crippen LogP) is 4.58. The zero-order valence-electron chi connectivity index (χ0n) is 21.1. The smallest absolute Gasteiger partial charge is 0.254 e. The summed E-state index contributed by atoms with van der Waals surface area (Å²) in [5.74, 6) is 0.970. The molecule has 0 unspecified atom stereocenters. The standard InChI is InChI=1S/C28H34N4O3/c1-27(2)7-9-31-10-8-28(3,4)22-23(31)19(27)16-18(24(22)33)25-29-20-6-5-17(15-21(20)30-25)26(34)32-11-13-35-14-12-32/h5-6,15-16,33H,7-14H2,1-4H3,(H,29,30). The summed E-state index contributed by atoms with van der Waals surface area (Å²) in [4.78, 5) is 25.5. The van der Waals surface area contributed by atoms with Gasteiger partial charge < -0.3 is 24.6 Å². The molecule has 3 aliphatic heterocycles. The lowest BCUT2D eigenvalue weighted by Gasteiger charge is -2.48. The number of H-pyrrole nitrogens is 1. The van der Waals surface area contributed by atoms with Gasteiger partial charge in [0.1, 0.15) is 11.6 Å². The Bertz CT molecular complexity index is 1330. The zero-order chi connectivity index (χ0) is 24.5. The molecule has 0 atom stereocenters. The van der Waals surface area contributed by atoms with Crippen LogP contribution in [0.25, 0.3) is 22.4 Å². The highest BCUT2D eigenvalue weighted by atomic mass is 16.5. The molecular formula is C28H34N4O3. The van der Waals surface area contributed by atoms with Crippen LogP contribution >= 0.6 is 0 Å². The maximum absolute atomic E-state index is 13.0. The van der Waals surface area contributed by atoms with Crippen molar-refractivity contribution in [3.8, 4) is 17.1 Å². The molecule has 1 aromatic heterocycles. The van der Waals surface area contributed by atoms with Crippen molar-refractivity contribution in [3.63, 3.8) is 0 Å². The summed E-state index contributed by atoms with van der Waals surface area (Å²) >= 11 is 0. The third-order valence-corrected chi connectivity index (χ3v) is 8.29. The molecule has 0 saturated carbocycles. The summed E-state index contributed by atoms with van der Waals surface area (Å²) in [5.41, 5.74) is 6.37. The SMILES string of the molecule is CC1(C)CCN2CCC(C)(C)c3c(O)c(-c4nc5ccc(C(=O)N6CCOCC6)cc5[nH]4)cc1c32. The Labute approximate surface area is 206 Å². The van der Waals surface area contributed by atoms with E-state index >= 15 is 0 Å². The first-order chi connectivity index (χ1) is 16.7. The van der Waals surface area contributed by atoms with Crippen LogP contribution in [0.4, 0.5) is 5.69 Å². The van der Waals surface area contributed by atoms with Crippen molar-refractivity contribution in [2.75, 3.05) is 44.3 Å². The van der Waals surface area contributed by atoms with Gasteiger partial charge in [-0.15, -0.1) is 0 Å². The molecule has 0 bridgehead atoms. The molecule has 7 heteroatoms. The molecule has 3 aromatic rings. The molecule has 184 valence electrons. The van der Waals surface area contributed by atoms with E-state index in [9.17, 15) is 9.90 Å². The van der Waals surface area contributed by atoms with Crippen molar-refractivity contribution in [2.45, 2.75) is 51.4 Å². The predicted molar refractivity (Wildman–Crippen MR) is 137 cm³/mol. The van der Waals surface area contributed by atoms with Gasteiger partial charge in [-0.3, -0.25) is 4.79 Å². The number of carbonyl (C=O) groups excluding carboxylic acids is 1. The Kier molecular flexibility index (Phi) is 4.94. The fourth-order valence-electron chi connectivity index (χ4n) is 5.97. The van der Waals surface area contributed by atoms with Gasteiger partial charge in [-0.25, -0.2) is 4.98 Å². The number of aromatic hydroxyl groups is 1.